The molecule has 0 saturated carbocycles. The third-order valence-corrected chi connectivity index (χ3v) is 3.07. The van der Waals surface area contributed by atoms with Crippen molar-refractivity contribution in [2.24, 2.45) is 0 Å². The first-order valence-electron chi connectivity index (χ1n) is 6.91. The number of ether oxygens (including phenoxy) is 2. The van der Waals surface area contributed by atoms with Crippen LogP contribution in [0.3, 0.4) is 0 Å². The van der Waals surface area contributed by atoms with Crippen LogP contribution in [-0.4, -0.2) is 29.3 Å². The summed E-state index contributed by atoms with van der Waals surface area (Å²) < 4.78 is 35.5. The minimum Gasteiger partial charge on any atom is -0.493 e. The summed E-state index contributed by atoms with van der Waals surface area (Å²) in [6.07, 6.45) is 6.11. The lowest BCUT2D eigenvalue weighted by Gasteiger charge is -2.10. The van der Waals surface area contributed by atoms with Gasteiger partial charge in [0.1, 0.15) is 0 Å². The van der Waals surface area contributed by atoms with Crippen LogP contribution >= 0.6 is 0 Å². The number of methoxy groups -OCH3 is 1. The van der Waals surface area contributed by atoms with E-state index in [1.54, 1.807) is 23.0 Å². The summed E-state index contributed by atoms with van der Waals surface area (Å²) in [5.41, 5.74) is 1.10. The van der Waals surface area contributed by atoms with Gasteiger partial charge in [-0.1, -0.05) is 12.1 Å². The average Bonchev–Trinajstić information content (AvgIpc) is 3.02. The van der Waals surface area contributed by atoms with Gasteiger partial charge < -0.3 is 9.47 Å². The third-order valence-electron chi connectivity index (χ3n) is 3.07. The second-order valence-electron chi connectivity index (χ2n) is 4.57. The van der Waals surface area contributed by atoms with Crippen molar-refractivity contribution in [1.29, 1.82) is 0 Å². The van der Waals surface area contributed by atoms with Gasteiger partial charge in [0.25, 0.3) is 0 Å². The van der Waals surface area contributed by atoms with Crippen LogP contribution in [0.2, 0.25) is 0 Å². The first-order valence-corrected chi connectivity index (χ1v) is 6.91. The molecule has 0 amide bonds. The quantitative estimate of drug-likeness (QED) is 0.579. The Labute approximate surface area is 132 Å². The summed E-state index contributed by atoms with van der Waals surface area (Å²) in [4.78, 5) is 12.0. The SMILES string of the molecule is CCn1cc(C(=O)/C=C/c2ccc(OC(F)F)c(OC)c2)cn1. The van der Waals surface area contributed by atoms with E-state index in [9.17, 15) is 13.6 Å². The van der Waals surface area contributed by atoms with Crippen molar-refractivity contribution in [2.75, 3.05) is 7.11 Å². The maximum Gasteiger partial charge on any atom is 0.387 e. The van der Waals surface area contributed by atoms with Crippen LogP contribution in [0.5, 0.6) is 11.5 Å². The minimum absolute atomic E-state index is 0.0600. The molecule has 122 valence electrons. The zero-order valence-corrected chi connectivity index (χ0v) is 12.7. The average molecular weight is 322 g/mol. The predicted molar refractivity (Wildman–Crippen MR) is 80.9 cm³/mol. The molecule has 0 radical (unpaired) electrons. The first-order chi connectivity index (χ1) is 11.0. The molecule has 0 saturated heterocycles. The molecule has 2 rings (SSSR count). The van der Waals surface area contributed by atoms with E-state index in [0.29, 0.717) is 17.7 Å². The first kappa shape index (κ1) is 16.7. The van der Waals surface area contributed by atoms with Crippen LogP contribution in [0.4, 0.5) is 8.78 Å². The van der Waals surface area contributed by atoms with Gasteiger partial charge in [0.05, 0.1) is 18.9 Å². The minimum atomic E-state index is -2.93. The van der Waals surface area contributed by atoms with E-state index in [4.69, 9.17) is 4.74 Å². The van der Waals surface area contributed by atoms with Crippen LogP contribution in [0.25, 0.3) is 6.08 Å². The lowest BCUT2D eigenvalue weighted by atomic mass is 10.1. The molecular weight excluding hydrogens is 306 g/mol. The van der Waals surface area contributed by atoms with Crippen LogP contribution in [-0.2, 0) is 6.54 Å². The molecule has 7 heteroatoms. The van der Waals surface area contributed by atoms with Crippen molar-refractivity contribution < 1.29 is 23.0 Å². The van der Waals surface area contributed by atoms with Gasteiger partial charge in [0.2, 0.25) is 0 Å². The largest absolute Gasteiger partial charge is 0.493 e. The number of halogens is 2. The van der Waals surface area contributed by atoms with Crippen molar-refractivity contribution >= 4 is 11.9 Å². The fourth-order valence-corrected chi connectivity index (χ4v) is 1.91. The number of aromatic nitrogens is 2. The van der Waals surface area contributed by atoms with Gasteiger partial charge in [-0.3, -0.25) is 9.48 Å². The molecule has 23 heavy (non-hydrogen) atoms. The molecule has 0 atom stereocenters. The lowest BCUT2D eigenvalue weighted by Crippen LogP contribution is -2.03. The second kappa shape index (κ2) is 7.53. The van der Waals surface area contributed by atoms with Gasteiger partial charge in [-0.25, -0.2) is 0 Å². The summed E-state index contributed by atoms with van der Waals surface area (Å²) >= 11 is 0. The number of aryl methyl sites for hydroxylation is 1. The van der Waals surface area contributed by atoms with E-state index in [1.165, 1.54) is 31.5 Å². The number of allylic oxidation sites excluding steroid dienone is 1. The number of carbonyl (C=O) groups excluding carboxylic acids is 1. The number of carbonyl (C=O) groups is 1. The Balaban J connectivity index is 2.14. The molecule has 0 spiro atoms. The zero-order chi connectivity index (χ0) is 16.8. The highest BCUT2D eigenvalue weighted by Crippen LogP contribution is 2.29. The summed E-state index contributed by atoms with van der Waals surface area (Å²) in [5, 5.41) is 4.03. The van der Waals surface area contributed by atoms with Gasteiger partial charge in [0, 0.05) is 12.7 Å². The van der Waals surface area contributed by atoms with Gasteiger partial charge in [-0.15, -0.1) is 0 Å². The molecule has 0 bridgehead atoms. The molecule has 0 unspecified atom stereocenters. The fraction of sp³-hybridized carbons (Fsp3) is 0.250. The normalized spacial score (nSPS) is 11.2. The Morgan fingerprint density at radius 1 is 1.39 bits per heavy atom. The van der Waals surface area contributed by atoms with Crippen LogP contribution in [0, 0.1) is 0 Å². The van der Waals surface area contributed by atoms with Crippen molar-refractivity contribution in [3.8, 4) is 11.5 Å². The van der Waals surface area contributed by atoms with E-state index in [-0.39, 0.29) is 17.3 Å². The molecule has 1 aromatic heterocycles. The number of hydrogen-bond donors (Lipinski definition) is 0. The number of ketones is 1. The molecule has 1 aromatic carbocycles. The van der Waals surface area contributed by atoms with E-state index in [2.05, 4.69) is 9.84 Å². The topological polar surface area (TPSA) is 53.4 Å². The smallest absolute Gasteiger partial charge is 0.387 e. The summed E-state index contributed by atoms with van der Waals surface area (Å²) in [7, 11) is 1.35. The summed E-state index contributed by atoms with van der Waals surface area (Å²) in [6.45, 7) is -0.325. The molecule has 1 heterocycles. The number of nitrogens with zero attached hydrogens (tertiary/aromatic N) is 2. The van der Waals surface area contributed by atoms with Crippen molar-refractivity contribution in [3.63, 3.8) is 0 Å². The van der Waals surface area contributed by atoms with Gasteiger partial charge >= 0.3 is 6.61 Å². The maximum absolute atomic E-state index is 12.3. The van der Waals surface area contributed by atoms with E-state index < -0.39 is 6.61 Å². The highest BCUT2D eigenvalue weighted by Gasteiger charge is 2.10. The Morgan fingerprint density at radius 3 is 2.78 bits per heavy atom. The van der Waals surface area contributed by atoms with Crippen molar-refractivity contribution in [2.45, 2.75) is 20.1 Å². The van der Waals surface area contributed by atoms with Crippen LogP contribution in [0.15, 0.2) is 36.7 Å². The molecule has 5 nitrogen and oxygen atoms in total. The lowest BCUT2D eigenvalue weighted by molar-refractivity contribution is -0.0512. The summed E-state index contributed by atoms with van der Waals surface area (Å²) in [6, 6.07) is 4.43. The van der Waals surface area contributed by atoms with E-state index in [0.717, 1.165) is 0 Å². The monoisotopic (exact) mass is 322 g/mol. The Hall–Kier alpha value is -2.70. The van der Waals surface area contributed by atoms with Gasteiger partial charge in [-0.05, 0) is 30.7 Å². The van der Waals surface area contributed by atoms with Gasteiger partial charge in [0.15, 0.2) is 17.3 Å². The Kier molecular flexibility index (Phi) is 5.46. The standard InChI is InChI=1S/C16H16F2N2O3/c1-3-20-10-12(9-19-20)13(21)6-4-11-5-7-14(23-16(17)18)15(8-11)22-2/h4-10,16H,3H2,1-2H3/b6-4+. The Morgan fingerprint density at radius 2 is 2.17 bits per heavy atom. The highest BCUT2D eigenvalue weighted by atomic mass is 19.3. The number of alkyl halides is 2. The van der Waals surface area contributed by atoms with Crippen molar-refractivity contribution in [3.05, 3.63) is 47.8 Å². The Bertz CT molecular complexity index is 711. The third kappa shape index (κ3) is 4.38. The molecule has 0 aliphatic carbocycles. The molecule has 0 aliphatic heterocycles. The zero-order valence-electron chi connectivity index (χ0n) is 12.7. The molecule has 0 fully saturated rings. The number of benzene rings is 1. The van der Waals surface area contributed by atoms with E-state index in [1.807, 2.05) is 6.92 Å². The number of hydrogen-bond acceptors (Lipinski definition) is 4. The van der Waals surface area contributed by atoms with Crippen molar-refractivity contribution in [1.82, 2.24) is 9.78 Å². The fourth-order valence-electron chi connectivity index (χ4n) is 1.91. The van der Waals surface area contributed by atoms with Crippen LogP contribution in [0.1, 0.15) is 22.8 Å². The number of rotatable bonds is 7. The second-order valence-corrected chi connectivity index (χ2v) is 4.57. The van der Waals surface area contributed by atoms with Crippen LogP contribution < -0.4 is 9.47 Å². The molecule has 0 N–H and O–H groups in total. The highest BCUT2D eigenvalue weighted by molar-refractivity contribution is 6.06. The molecular formula is C16H16F2N2O3. The summed E-state index contributed by atoms with van der Waals surface area (Å²) in [5.74, 6) is -0.0922. The molecule has 0 aliphatic rings. The maximum atomic E-state index is 12.3. The van der Waals surface area contributed by atoms with E-state index >= 15 is 0 Å². The molecule has 2 aromatic rings. The predicted octanol–water partition coefficient (Wildman–Crippen LogP) is 3.41. The van der Waals surface area contributed by atoms with Gasteiger partial charge in [-0.2, -0.15) is 13.9 Å².